The number of nitrogens with zero attached hydrogens (tertiary/aromatic N) is 2. The van der Waals surface area contributed by atoms with Crippen LogP contribution in [-0.2, 0) is 10.4 Å². The van der Waals surface area contributed by atoms with Gasteiger partial charge in [0.25, 0.3) is 5.91 Å². The lowest BCUT2D eigenvalue weighted by Crippen LogP contribution is -2.60. The summed E-state index contributed by atoms with van der Waals surface area (Å²) in [6, 6.07) is 18.2. The molecule has 6 nitrogen and oxygen atoms in total. The molecule has 2 atom stereocenters. The Kier molecular flexibility index (Phi) is 6.11. The van der Waals surface area contributed by atoms with Crippen LogP contribution in [0.2, 0.25) is 0 Å². The lowest BCUT2D eigenvalue weighted by Gasteiger charge is -2.47. The molecule has 0 aromatic heterocycles. The second kappa shape index (κ2) is 8.54. The number of carbonyl (C=O) groups excluding carboxylic acids is 2. The van der Waals surface area contributed by atoms with Crippen molar-refractivity contribution in [1.29, 1.82) is 0 Å². The van der Waals surface area contributed by atoms with Gasteiger partial charge in [-0.2, -0.15) is 0 Å². The van der Waals surface area contributed by atoms with Crippen LogP contribution >= 0.6 is 0 Å². The molecule has 6 heteroatoms. The summed E-state index contributed by atoms with van der Waals surface area (Å²) >= 11 is 0. The quantitative estimate of drug-likeness (QED) is 0.823. The summed E-state index contributed by atoms with van der Waals surface area (Å²) in [6.07, 6.45) is 0.443. The third-order valence-electron chi connectivity index (χ3n) is 5.39. The number of rotatable bonds is 5. The van der Waals surface area contributed by atoms with E-state index in [1.165, 1.54) is 0 Å². The van der Waals surface area contributed by atoms with Crippen LogP contribution in [0.3, 0.4) is 0 Å². The number of hydrogen-bond donors (Lipinski definition) is 2. The van der Waals surface area contributed by atoms with Crippen LogP contribution < -0.4 is 5.32 Å². The van der Waals surface area contributed by atoms with Crippen molar-refractivity contribution in [3.8, 4) is 0 Å². The molecule has 0 radical (unpaired) electrons. The molecule has 0 saturated carbocycles. The summed E-state index contributed by atoms with van der Waals surface area (Å²) in [5.74, 6) is -0.415. The molecule has 1 fully saturated rings. The molecule has 1 heterocycles. The Morgan fingerprint density at radius 2 is 1.71 bits per heavy atom. The van der Waals surface area contributed by atoms with Crippen LogP contribution in [0.4, 0.5) is 0 Å². The van der Waals surface area contributed by atoms with E-state index >= 15 is 0 Å². The van der Waals surface area contributed by atoms with Gasteiger partial charge in [0.15, 0.2) is 0 Å². The molecule has 148 valence electrons. The van der Waals surface area contributed by atoms with Crippen molar-refractivity contribution in [2.45, 2.75) is 18.1 Å². The summed E-state index contributed by atoms with van der Waals surface area (Å²) in [6.45, 7) is 0.784. The average molecular weight is 381 g/mol. The first-order chi connectivity index (χ1) is 13.4. The van der Waals surface area contributed by atoms with Crippen LogP contribution in [0.25, 0.3) is 0 Å². The smallest absolute Gasteiger partial charge is 0.251 e. The summed E-state index contributed by atoms with van der Waals surface area (Å²) in [5.41, 5.74) is 0.367. The molecule has 0 aliphatic carbocycles. The number of carbonyl (C=O) groups is 2. The van der Waals surface area contributed by atoms with Gasteiger partial charge in [-0.05, 0) is 38.2 Å². The monoisotopic (exact) mass is 381 g/mol. The van der Waals surface area contributed by atoms with Gasteiger partial charge >= 0.3 is 0 Å². The van der Waals surface area contributed by atoms with E-state index in [0.717, 1.165) is 5.56 Å². The fraction of sp³-hybridized carbons (Fsp3) is 0.364. The van der Waals surface area contributed by atoms with Crippen molar-refractivity contribution < 1.29 is 14.7 Å². The van der Waals surface area contributed by atoms with Crippen LogP contribution in [-0.4, -0.2) is 66.5 Å². The van der Waals surface area contributed by atoms with Gasteiger partial charge < -0.3 is 20.2 Å². The fourth-order valence-corrected chi connectivity index (χ4v) is 3.76. The van der Waals surface area contributed by atoms with E-state index in [1.807, 2.05) is 55.4 Å². The van der Waals surface area contributed by atoms with Crippen LogP contribution in [0.5, 0.6) is 0 Å². The second-order valence-corrected chi connectivity index (χ2v) is 7.41. The lowest BCUT2D eigenvalue weighted by atomic mass is 9.80. The SMILES string of the molecule is CN(C)[C@@H]1CN(C(=O)CNC(=O)c2ccccc2)CC[C@]1(O)c1ccccc1. The van der Waals surface area contributed by atoms with Crippen molar-refractivity contribution in [1.82, 2.24) is 15.1 Å². The zero-order valence-corrected chi connectivity index (χ0v) is 16.3. The number of hydrogen-bond acceptors (Lipinski definition) is 4. The third-order valence-corrected chi connectivity index (χ3v) is 5.39. The second-order valence-electron chi connectivity index (χ2n) is 7.41. The predicted molar refractivity (Wildman–Crippen MR) is 108 cm³/mol. The minimum absolute atomic E-state index is 0.0579. The lowest BCUT2D eigenvalue weighted by molar-refractivity contribution is -0.140. The van der Waals surface area contributed by atoms with Gasteiger partial charge in [-0.25, -0.2) is 0 Å². The number of piperidine rings is 1. The van der Waals surface area contributed by atoms with Gasteiger partial charge in [0, 0.05) is 18.7 Å². The Labute approximate surface area is 165 Å². The van der Waals surface area contributed by atoms with E-state index in [1.54, 1.807) is 29.2 Å². The molecule has 0 bridgehead atoms. The standard InChI is InChI=1S/C22H27N3O3/c1-24(2)19-16-25(14-13-22(19,28)18-11-7-4-8-12-18)20(26)15-23-21(27)17-9-5-3-6-10-17/h3-12,19,28H,13-16H2,1-2H3,(H,23,27)/t19-,22+/m1/s1. The maximum atomic E-state index is 12.7. The predicted octanol–water partition coefficient (Wildman–Crippen LogP) is 1.47. The highest BCUT2D eigenvalue weighted by Crippen LogP contribution is 2.35. The average Bonchev–Trinajstić information content (AvgIpc) is 2.73. The van der Waals surface area contributed by atoms with Gasteiger partial charge in [0.05, 0.1) is 12.6 Å². The van der Waals surface area contributed by atoms with Crippen LogP contribution in [0.1, 0.15) is 22.3 Å². The maximum absolute atomic E-state index is 12.7. The number of nitrogens with one attached hydrogen (secondary N) is 1. The normalized spacial score (nSPS) is 22.1. The Morgan fingerprint density at radius 3 is 2.32 bits per heavy atom. The molecular weight excluding hydrogens is 354 g/mol. The van der Waals surface area contributed by atoms with Gasteiger partial charge in [-0.3, -0.25) is 9.59 Å². The number of likely N-dealkylation sites (tertiary alicyclic amines) is 1. The summed E-state index contributed by atoms with van der Waals surface area (Å²) < 4.78 is 0. The molecule has 2 amide bonds. The van der Waals surface area contributed by atoms with Crippen molar-refractivity contribution in [2.75, 3.05) is 33.7 Å². The minimum atomic E-state index is -1.02. The molecule has 3 rings (SSSR count). The minimum Gasteiger partial charge on any atom is -0.383 e. The Morgan fingerprint density at radius 1 is 1.11 bits per heavy atom. The van der Waals surface area contributed by atoms with Gasteiger partial charge in [0.1, 0.15) is 5.60 Å². The molecule has 2 aromatic carbocycles. The molecule has 0 spiro atoms. The number of aliphatic hydroxyl groups is 1. The molecular formula is C22H27N3O3. The maximum Gasteiger partial charge on any atom is 0.251 e. The summed E-state index contributed by atoms with van der Waals surface area (Å²) in [5, 5.41) is 14.1. The fourth-order valence-electron chi connectivity index (χ4n) is 3.76. The molecule has 2 N–H and O–H groups in total. The highest BCUT2D eigenvalue weighted by Gasteiger charge is 2.44. The third kappa shape index (κ3) is 4.24. The highest BCUT2D eigenvalue weighted by atomic mass is 16.3. The van der Waals surface area contributed by atoms with Crippen molar-refractivity contribution in [3.05, 3.63) is 71.8 Å². The first-order valence-electron chi connectivity index (χ1n) is 9.47. The topological polar surface area (TPSA) is 72.9 Å². The first kappa shape index (κ1) is 20.0. The summed E-state index contributed by atoms with van der Waals surface area (Å²) in [4.78, 5) is 28.5. The highest BCUT2D eigenvalue weighted by molar-refractivity contribution is 5.96. The first-order valence-corrected chi connectivity index (χ1v) is 9.47. The molecule has 0 unspecified atom stereocenters. The zero-order chi connectivity index (χ0) is 20.1. The van der Waals surface area contributed by atoms with E-state index in [-0.39, 0.29) is 24.4 Å². The number of benzene rings is 2. The Bertz CT molecular complexity index is 810. The van der Waals surface area contributed by atoms with E-state index < -0.39 is 5.60 Å². The van der Waals surface area contributed by atoms with Gasteiger partial charge in [0.2, 0.25) is 5.91 Å². The molecule has 1 aliphatic heterocycles. The van der Waals surface area contributed by atoms with E-state index in [9.17, 15) is 14.7 Å². The van der Waals surface area contributed by atoms with Crippen molar-refractivity contribution >= 4 is 11.8 Å². The van der Waals surface area contributed by atoms with Crippen LogP contribution in [0, 0.1) is 0 Å². The van der Waals surface area contributed by atoms with E-state index in [4.69, 9.17) is 0 Å². The number of likely N-dealkylation sites (N-methyl/N-ethyl adjacent to an activating group) is 1. The Hall–Kier alpha value is -2.70. The Balaban J connectivity index is 1.65. The van der Waals surface area contributed by atoms with Gasteiger partial charge in [-0.15, -0.1) is 0 Å². The molecule has 1 aliphatic rings. The summed E-state index contributed by atoms with van der Waals surface area (Å²) in [7, 11) is 3.81. The van der Waals surface area contributed by atoms with E-state index in [0.29, 0.717) is 25.1 Å². The van der Waals surface area contributed by atoms with E-state index in [2.05, 4.69) is 5.32 Å². The van der Waals surface area contributed by atoms with Crippen molar-refractivity contribution in [3.63, 3.8) is 0 Å². The molecule has 2 aromatic rings. The zero-order valence-electron chi connectivity index (χ0n) is 16.3. The number of amides is 2. The molecule has 1 saturated heterocycles. The van der Waals surface area contributed by atoms with Crippen molar-refractivity contribution in [2.24, 2.45) is 0 Å². The van der Waals surface area contributed by atoms with Gasteiger partial charge in [-0.1, -0.05) is 48.5 Å². The van der Waals surface area contributed by atoms with Crippen LogP contribution in [0.15, 0.2) is 60.7 Å². The molecule has 28 heavy (non-hydrogen) atoms. The largest absolute Gasteiger partial charge is 0.383 e.